The first-order valence-corrected chi connectivity index (χ1v) is 3.81. The predicted molar refractivity (Wildman–Crippen MR) is 43.1 cm³/mol. The summed E-state index contributed by atoms with van der Waals surface area (Å²) in [6, 6.07) is -0.886. The van der Waals surface area contributed by atoms with Gasteiger partial charge in [-0.2, -0.15) is 0 Å². The molecule has 0 amide bonds. The molecule has 5 N–H and O–H groups in total. The van der Waals surface area contributed by atoms with E-state index in [1.165, 1.54) is 0 Å². The zero-order valence-corrected chi connectivity index (χ0v) is 6.79. The molecule has 0 aliphatic heterocycles. The molecular formula is C7H16N2O2. The van der Waals surface area contributed by atoms with Gasteiger partial charge in [-0.3, -0.25) is 4.79 Å². The van der Waals surface area contributed by atoms with Gasteiger partial charge in [0.2, 0.25) is 0 Å². The highest BCUT2D eigenvalue weighted by molar-refractivity contribution is 5.73. The molecule has 0 rings (SSSR count). The van der Waals surface area contributed by atoms with Crippen LogP contribution in [0.4, 0.5) is 0 Å². The molecule has 2 unspecified atom stereocenters. The van der Waals surface area contributed by atoms with Gasteiger partial charge < -0.3 is 16.6 Å². The molecule has 0 spiro atoms. The van der Waals surface area contributed by atoms with Crippen LogP contribution in [0.5, 0.6) is 0 Å². The van der Waals surface area contributed by atoms with Crippen molar-refractivity contribution in [2.75, 3.05) is 0 Å². The summed E-state index contributed by atoms with van der Waals surface area (Å²) in [5.41, 5.74) is 10.8. The van der Waals surface area contributed by atoms with Crippen molar-refractivity contribution in [1.29, 1.82) is 0 Å². The van der Waals surface area contributed by atoms with Crippen LogP contribution in [0.2, 0.25) is 0 Å². The summed E-state index contributed by atoms with van der Waals surface area (Å²) in [5, 5.41) is 8.42. The summed E-state index contributed by atoms with van der Waals surface area (Å²) in [4.78, 5) is 10.3. The second kappa shape index (κ2) is 5.09. The molecule has 0 saturated heterocycles. The molecule has 4 nitrogen and oxygen atoms in total. The maximum Gasteiger partial charge on any atom is 0.320 e. The molecule has 0 fully saturated rings. The Balaban J connectivity index is 3.56. The van der Waals surface area contributed by atoms with E-state index < -0.39 is 12.0 Å². The first kappa shape index (κ1) is 10.4. The minimum atomic E-state index is -0.975. The van der Waals surface area contributed by atoms with Crippen LogP contribution in [0.3, 0.4) is 0 Å². The predicted octanol–water partition coefficient (Wildman–Crippen LogP) is -0.0842. The average Bonchev–Trinajstić information content (AvgIpc) is 1.87. The minimum absolute atomic E-state index is 0.0777. The summed E-state index contributed by atoms with van der Waals surface area (Å²) >= 11 is 0. The first-order valence-electron chi connectivity index (χ1n) is 3.81. The normalized spacial score (nSPS) is 15.9. The zero-order chi connectivity index (χ0) is 8.85. The molecule has 0 heterocycles. The lowest BCUT2D eigenvalue weighted by molar-refractivity contribution is -0.138. The molecule has 0 aliphatic carbocycles. The topological polar surface area (TPSA) is 89.3 Å². The van der Waals surface area contributed by atoms with Crippen LogP contribution in [-0.4, -0.2) is 23.2 Å². The first-order chi connectivity index (χ1) is 5.07. The highest BCUT2D eigenvalue weighted by atomic mass is 16.4. The van der Waals surface area contributed by atoms with Gasteiger partial charge in [-0.05, 0) is 12.8 Å². The Morgan fingerprint density at radius 2 is 2.09 bits per heavy atom. The third-order valence-electron chi connectivity index (χ3n) is 1.53. The lowest BCUT2D eigenvalue weighted by Gasteiger charge is -2.12. The van der Waals surface area contributed by atoms with Crippen LogP contribution < -0.4 is 11.5 Å². The van der Waals surface area contributed by atoms with Crippen LogP contribution in [0.15, 0.2) is 0 Å². The van der Waals surface area contributed by atoms with E-state index in [1.807, 2.05) is 6.92 Å². The van der Waals surface area contributed by atoms with Crippen LogP contribution in [0.25, 0.3) is 0 Å². The Labute approximate surface area is 66.6 Å². The molecule has 0 bridgehead atoms. The quantitative estimate of drug-likeness (QED) is 0.524. The molecule has 2 atom stereocenters. The fourth-order valence-electron chi connectivity index (χ4n) is 0.916. The molecule has 0 aromatic rings. The lowest BCUT2D eigenvalue weighted by Crippen LogP contribution is -2.37. The second-order valence-electron chi connectivity index (χ2n) is 2.73. The fourth-order valence-corrected chi connectivity index (χ4v) is 0.916. The maximum absolute atomic E-state index is 10.3. The van der Waals surface area contributed by atoms with Crippen LogP contribution in [-0.2, 0) is 4.79 Å². The van der Waals surface area contributed by atoms with Crippen molar-refractivity contribution in [2.45, 2.75) is 38.3 Å². The average molecular weight is 160 g/mol. The largest absolute Gasteiger partial charge is 0.480 e. The summed E-state index contributed by atoms with van der Waals surface area (Å²) in [7, 11) is 0. The number of hydrogen-bond acceptors (Lipinski definition) is 3. The van der Waals surface area contributed by atoms with Gasteiger partial charge in [-0.25, -0.2) is 0 Å². The van der Waals surface area contributed by atoms with Gasteiger partial charge in [0.25, 0.3) is 0 Å². The Morgan fingerprint density at radius 1 is 1.55 bits per heavy atom. The van der Waals surface area contributed by atoms with E-state index in [0.717, 1.165) is 12.8 Å². The highest BCUT2D eigenvalue weighted by Gasteiger charge is 2.14. The molecule has 66 valence electrons. The van der Waals surface area contributed by atoms with Gasteiger partial charge in [0.1, 0.15) is 6.04 Å². The van der Waals surface area contributed by atoms with Crippen LogP contribution in [0, 0.1) is 0 Å². The molecule has 11 heavy (non-hydrogen) atoms. The van der Waals surface area contributed by atoms with E-state index in [-0.39, 0.29) is 6.04 Å². The van der Waals surface area contributed by atoms with Crippen molar-refractivity contribution in [3.05, 3.63) is 0 Å². The number of nitrogens with two attached hydrogens (primary N) is 2. The summed E-state index contributed by atoms with van der Waals surface area (Å²) in [5.74, 6) is -0.975. The van der Waals surface area contributed by atoms with Crippen molar-refractivity contribution in [2.24, 2.45) is 11.5 Å². The molecule has 0 aromatic carbocycles. The number of rotatable bonds is 5. The molecule has 4 heteroatoms. The number of carbonyl (C=O) groups is 1. The van der Waals surface area contributed by atoms with E-state index in [9.17, 15) is 4.79 Å². The molecule has 0 aromatic heterocycles. The van der Waals surface area contributed by atoms with Gasteiger partial charge in [0, 0.05) is 6.04 Å². The summed E-state index contributed by atoms with van der Waals surface area (Å²) < 4.78 is 0. The Kier molecular flexibility index (Phi) is 4.81. The van der Waals surface area contributed by atoms with E-state index in [1.54, 1.807) is 0 Å². The molecular weight excluding hydrogens is 144 g/mol. The van der Waals surface area contributed by atoms with Gasteiger partial charge >= 0.3 is 5.97 Å². The van der Waals surface area contributed by atoms with Crippen LogP contribution in [0.1, 0.15) is 26.2 Å². The summed E-state index contributed by atoms with van der Waals surface area (Å²) in [6.45, 7) is 2.01. The van der Waals surface area contributed by atoms with Gasteiger partial charge in [-0.15, -0.1) is 0 Å². The fraction of sp³-hybridized carbons (Fsp3) is 0.857. The lowest BCUT2D eigenvalue weighted by atomic mass is 10.0. The number of carboxylic acid groups (broad SMARTS) is 1. The Bertz CT molecular complexity index is 128. The maximum atomic E-state index is 10.3. The third-order valence-corrected chi connectivity index (χ3v) is 1.53. The van der Waals surface area contributed by atoms with Crippen LogP contribution >= 0.6 is 0 Å². The van der Waals surface area contributed by atoms with E-state index in [0.29, 0.717) is 6.42 Å². The van der Waals surface area contributed by atoms with Gasteiger partial charge in [0.05, 0.1) is 0 Å². The Morgan fingerprint density at radius 3 is 2.45 bits per heavy atom. The van der Waals surface area contributed by atoms with Crippen molar-refractivity contribution in [3.8, 4) is 0 Å². The van der Waals surface area contributed by atoms with Crippen molar-refractivity contribution in [1.82, 2.24) is 0 Å². The van der Waals surface area contributed by atoms with E-state index >= 15 is 0 Å². The number of carboxylic acids is 1. The standard InChI is InChI=1S/C7H16N2O2/c1-2-3-5(8)4-6(9)7(10)11/h5-6H,2-4,8-9H2,1H3,(H,10,11). The van der Waals surface area contributed by atoms with Crippen molar-refractivity contribution < 1.29 is 9.90 Å². The highest BCUT2D eigenvalue weighted by Crippen LogP contribution is 2.00. The number of hydrogen-bond donors (Lipinski definition) is 3. The molecule has 0 aliphatic rings. The second-order valence-corrected chi connectivity index (χ2v) is 2.73. The zero-order valence-electron chi connectivity index (χ0n) is 6.79. The monoisotopic (exact) mass is 160 g/mol. The van der Waals surface area contributed by atoms with Crippen molar-refractivity contribution >= 4 is 5.97 Å². The third kappa shape index (κ3) is 4.75. The van der Waals surface area contributed by atoms with Gasteiger partial charge in [0.15, 0.2) is 0 Å². The van der Waals surface area contributed by atoms with E-state index in [2.05, 4.69) is 0 Å². The smallest absolute Gasteiger partial charge is 0.320 e. The molecule has 0 saturated carbocycles. The summed E-state index contributed by atoms with van der Waals surface area (Å²) in [6.07, 6.45) is 2.16. The SMILES string of the molecule is CCCC(N)CC(N)C(=O)O. The minimum Gasteiger partial charge on any atom is -0.480 e. The van der Waals surface area contributed by atoms with E-state index in [4.69, 9.17) is 16.6 Å². The number of aliphatic carboxylic acids is 1. The Hall–Kier alpha value is -0.610. The van der Waals surface area contributed by atoms with Crippen molar-refractivity contribution in [3.63, 3.8) is 0 Å². The molecule has 0 radical (unpaired) electrons. The van der Waals surface area contributed by atoms with Gasteiger partial charge in [-0.1, -0.05) is 13.3 Å².